The monoisotopic (exact) mass is 533 g/mol. The first-order chi connectivity index (χ1) is 13.8. The fraction of sp³-hybridized carbons (Fsp3) is 0.600. The number of nitrogens with zero attached hydrogens (tertiary/aromatic N) is 1. The average Bonchev–Trinajstić information content (AvgIpc) is 2.59. The van der Waals surface area contributed by atoms with E-state index in [0.29, 0.717) is 5.56 Å². The summed E-state index contributed by atoms with van der Waals surface area (Å²) in [4.78, 5) is 0. The van der Waals surface area contributed by atoms with Crippen LogP contribution in [0.2, 0.25) is 0 Å². The van der Waals surface area contributed by atoms with Gasteiger partial charge in [-0.3, -0.25) is 0 Å². The van der Waals surface area contributed by atoms with Crippen LogP contribution >= 0.6 is 0 Å². The maximum atomic E-state index is 14.3. The second kappa shape index (κ2) is 8.03. The standard InChI is InChI=1S/C15H20F5NO8S3/c1-10(13(2,3)4)11-6-8-12(9-7-11)29-32(27,28)15(19,20)31(25,26)21(5,22)30(23,24)14(16,17)18/h6-10H,1-5H3. The largest absolute Gasteiger partial charge is 0.601 e. The molecule has 0 aliphatic rings. The van der Waals surface area contributed by atoms with Crippen LogP contribution in [0, 0.1) is 10.6 Å². The molecule has 0 bridgehead atoms. The van der Waals surface area contributed by atoms with Gasteiger partial charge in [0.2, 0.25) is 0 Å². The van der Waals surface area contributed by atoms with E-state index >= 15 is 0 Å². The van der Waals surface area contributed by atoms with Crippen LogP contribution in [-0.2, 0) is 30.2 Å². The summed E-state index contributed by atoms with van der Waals surface area (Å²) >= 11 is 0. The minimum atomic E-state index is -7.47. The molecule has 17 heteroatoms. The first kappa shape index (κ1) is 28.5. The fourth-order valence-electron chi connectivity index (χ4n) is 2.13. The molecule has 0 N–H and O–H groups in total. The zero-order valence-corrected chi connectivity index (χ0v) is 19.7. The number of benzene rings is 1. The van der Waals surface area contributed by atoms with Crippen molar-refractivity contribution < 1.29 is 54.8 Å². The predicted molar refractivity (Wildman–Crippen MR) is 102 cm³/mol. The van der Waals surface area contributed by atoms with Gasteiger partial charge in [-0.15, -0.1) is 3.46 Å². The van der Waals surface area contributed by atoms with Gasteiger partial charge < -0.3 is 9.39 Å². The second-order valence-corrected chi connectivity index (χ2v) is 14.2. The minimum absolute atomic E-state index is 0.110. The highest BCUT2D eigenvalue weighted by Crippen LogP contribution is 2.42. The Morgan fingerprint density at radius 1 is 0.875 bits per heavy atom. The fourth-order valence-corrected chi connectivity index (χ4v) is 6.62. The van der Waals surface area contributed by atoms with E-state index in [1.807, 2.05) is 20.8 Å². The van der Waals surface area contributed by atoms with Crippen molar-refractivity contribution in [3.63, 3.8) is 0 Å². The Hall–Kier alpha value is -1.56. The van der Waals surface area contributed by atoms with Crippen molar-refractivity contribution in [1.82, 2.24) is 0 Å². The maximum Gasteiger partial charge on any atom is 0.551 e. The lowest BCUT2D eigenvalue weighted by molar-refractivity contribution is -0.591. The van der Waals surface area contributed by atoms with Gasteiger partial charge in [-0.1, -0.05) is 39.8 Å². The third-order valence-corrected chi connectivity index (χ3v) is 11.0. The van der Waals surface area contributed by atoms with E-state index < -0.39 is 56.5 Å². The van der Waals surface area contributed by atoms with Crippen molar-refractivity contribution >= 4 is 30.2 Å². The lowest BCUT2D eigenvalue weighted by atomic mass is 9.78. The van der Waals surface area contributed by atoms with Crippen LogP contribution < -0.4 is 4.18 Å². The van der Waals surface area contributed by atoms with Gasteiger partial charge in [0, 0.05) is 0 Å². The van der Waals surface area contributed by atoms with Crippen LogP contribution in [0.3, 0.4) is 0 Å². The molecular formula is C15H20F5NO8S3. The summed E-state index contributed by atoms with van der Waals surface area (Å²) in [6, 6.07) is 4.29. The van der Waals surface area contributed by atoms with Crippen LogP contribution in [0.5, 0.6) is 5.75 Å². The van der Waals surface area contributed by atoms with Gasteiger partial charge in [0.15, 0.2) is 0 Å². The molecule has 1 aromatic carbocycles. The number of halogens is 5. The van der Waals surface area contributed by atoms with E-state index in [1.165, 1.54) is 12.1 Å². The number of rotatable bonds is 7. The Morgan fingerprint density at radius 3 is 1.62 bits per heavy atom. The van der Waals surface area contributed by atoms with Crippen LogP contribution in [0.1, 0.15) is 39.2 Å². The van der Waals surface area contributed by atoms with Gasteiger partial charge in [0.25, 0.3) is 0 Å². The second-order valence-electron chi connectivity index (χ2n) is 7.82. The third kappa shape index (κ3) is 4.57. The summed E-state index contributed by atoms with van der Waals surface area (Å²) < 4.78 is 129. The van der Waals surface area contributed by atoms with Crippen LogP contribution in [0.15, 0.2) is 24.3 Å². The smallest absolute Gasteiger partial charge is 0.551 e. The highest BCUT2D eigenvalue weighted by Gasteiger charge is 2.73. The molecule has 0 aliphatic carbocycles. The quantitative estimate of drug-likeness (QED) is 0.226. The Labute approximate surface area is 182 Å². The average molecular weight is 534 g/mol. The predicted octanol–water partition coefficient (Wildman–Crippen LogP) is 3.22. The molecule has 1 rings (SSSR count). The highest BCUT2D eigenvalue weighted by atomic mass is 32.3. The number of hydroxylamine groups is 1. The van der Waals surface area contributed by atoms with Crippen molar-refractivity contribution in [3.05, 3.63) is 35.0 Å². The van der Waals surface area contributed by atoms with Gasteiger partial charge in [-0.2, -0.15) is 47.2 Å². The van der Waals surface area contributed by atoms with Gasteiger partial charge in [-0.05, 0) is 29.0 Å². The van der Waals surface area contributed by atoms with Crippen molar-refractivity contribution in [2.24, 2.45) is 5.41 Å². The number of hydrogen-bond acceptors (Lipinski definition) is 8. The third-order valence-electron chi connectivity index (χ3n) is 4.64. The van der Waals surface area contributed by atoms with Crippen molar-refractivity contribution in [2.75, 3.05) is 7.05 Å². The van der Waals surface area contributed by atoms with E-state index in [1.54, 1.807) is 6.92 Å². The Bertz CT molecular complexity index is 1170. The Balaban J connectivity index is 3.42. The molecule has 2 atom stereocenters. The van der Waals surface area contributed by atoms with Crippen LogP contribution in [0.25, 0.3) is 0 Å². The van der Waals surface area contributed by atoms with Crippen molar-refractivity contribution in [3.8, 4) is 5.75 Å². The number of hydrogen-bond donors (Lipinski definition) is 0. The van der Waals surface area contributed by atoms with Crippen LogP contribution in [0.4, 0.5) is 22.0 Å². The van der Waals surface area contributed by atoms with Crippen molar-refractivity contribution in [1.29, 1.82) is 0 Å². The summed E-state index contributed by atoms with van der Waals surface area (Å²) in [7, 11) is -22.3. The zero-order chi connectivity index (χ0) is 25.8. The summed E-state index contributed by atoms with van der Waals surface area (Å²) in [5, 5.41) is 11.8. The first-order valence-electron chi connectivity index (χ1n) is 8.40. The summed E-state index contributed by atoms with van der Waals surface area (Å²) in [5.74, 6) is -0.968. The first-order valence-corrected chi connectivity index (χ1v) is 12.7. The van der Waals surface area contributed by atoms with Gasteiger partial charge in [-0.25, -0.2) is 0 Å². The summed E-state index contributed by atoms with van der Waals surface area (Å²) in [5.41, 5.74) is -6.23. The summed E-state index contributed by atoms with van der Waals surface area (Å²) in [6.45, 7) is 7.45. The van der Waals surface area contributed by atoms with E-state index in [9.17, 15) is 52.4 Å². The van der Waals surface area contributed by atoms with Gasteiger partial charge in [0.05, 0.1) is 7.05 Å². The molecule has 0 fully saturated rings. The normalized spacial score (nSPS) is 17.5. The molecule has 32 heavy (non-hydrogen) atoms. The SMILES string of the molecule is CC(c1ccc(OS(=O)(=O)C(F)(F)S(=O)(=O)[N+](C)([O-])S(=O)(=O)C(F)(F)F)cc1)C(C)(C)C. The van der Waals surface area contributed by atoms with E-state index in [-0.39, 0.29) is 11.3 Å². The summed E-state index contributed by atoms with van der Waals surface area (Å²) in [6.07, 6.45) is 0. The van der Waals surface area contributed by atoms with E-state index in [0.717, 1.165) is 12.1 Å². The molecule has 1 aromatic rings. The molecule has 0 radical (unpaired) electrons. The molecule has 0 aromatic heterocycles. The van der Waals surface area contributed by atoms with E-state index in [2.05, 4.69) is 4.18 Å². The molecule has 186 valence electrons. The molecule has 0 aliphatic heterocycles. The van der Waals surface area contributed by atoms with Crippen LogP contribution in [-0.4, -0.2) is 45.9 Å². The molecule has 0 saturated heterocycles. The molecule has 0 heterocycles. The van der Waals surface area contributed by atoms with E-state index in [4.69, 9.17) is 0 Å². The lowest BCUT2D eigenvalue weighted by Crippen LogP contribution is -2.61. The molecular weight excluding hydrogens is 513 g/mol. The minimum Gasteiger partial charge on any atom is -0.601 e. The molecule has 0 amide bonds. The van der Waals surface area contributed by atoms with Crippen molar-refractivity contribution in [2.45, 2.75) is 43.7 Å². The van der Waals surface area contributed by atoms with Gasteiger partial charge in [0.1, 0.15) is 5.75 Å². The number of sulfonamides is 2. The number of alkyl halides is 5. The highest BCUT2D eigenvalue weighted by molar-refractivity contribution is 8.08. The number of quaternary nitrogens is 1. The van der Waals surface area contributed by atoms with Gasteiger partial charge >= 0.3 is 40.3 Å². The molecule has 0 spiro atoms. The molecule has 9 nitrogen and oxygen atoms in total. The molecule has 2 unspecified atom stereocenters. The topological polar surface area (TPSA) is 135 Å². The lowest BCUT2D eigenvalue weighted by Gasteiger charge is -2.36. The zero-order valence-electron chi connectivity index (χ0n) is 17.2. The Morgan fingerprint density at radius 2 is 1.28 bits per heavy atom. The Kier molecular flexibility index (Phi) is 7.15. The maximum absolute atomic E-state index is 14.3. The molecule has 0 saturated carbocycles.